The maximum Gasteiger partial charge on any atom is 0.376 e. The molecule has 1 unspecified atom stereocenters. The fourth-order valence-corrected chi connectivity index (χ4v) is 3.14. The Morgan fingerprint density at radius 2 is 1.96 bits per heavy atom. The summed E-state index contributed by atoms with van der Waals surface area (Å²) in [4.78, 5) is 0. The van der Waals surface area contributed by atoms with Crippen LogP contribution in [0, 0.1) is 0 Å². The van der Waals surface area contributed by atoms with Crippen LogP contribution >= 0.6 is 0 Å². The molecule has 23 heavy (non-hydrogen) atoms. The molecule has 1 aliphatic heterocycles. The SMILES string of the molecule is C=C(C)C1Cc2c(OC)c3cc(OC)cc(OC)c3[n+](C)c2O1. The van der Waals surface area contributed by atoms with E-state index in [9.17, 15) is 0 Å². The molecule has 1 aliphatic rings. The molecule has 5 nitrogen and oxygen atoms in total. The van der Waals surface area contributed by atoms with Crippen LogP contribution in [0.25, 0.3) is 10.9 Å². The van der Waals surface area contributed by atoms with Crippen LogP contribution < -0.4 is 23.5 Å². The van der Waals surface area contributed by atoms with E-state index in [-0.39, 0.29) is 6.10 Å². The molecular formula is C18H22NO4+. The Morgan fingerprint density at radius 1 is 1.22 bits per heavy atom. The van der Waals surface area contributed by atoms with E-state index < -0.39 is 0 Å². The molecule has 0 saturated heterocycles. The lowest BCUT2D eigenvalue weighted by Gasteiger charge is -2.12. The van der Waals surface area contributed by atoms with E-state index in [0.29, 0.717) is 5.75 Å². The van der Waals surface area contributed by atoms with Gasteiger partial charge < -0.3 is 18.9 Å². The number of aromatic nitrogens is 1. The van der Waals surface area contributed by atoms with Gasteiger partial charge in [0.15, 0.2) is 5.75 Å². The average molecular weight is 316 g/mol. The predicted octanol–water partition coefficient (Wildman–Crippen LogP) is 2.57. The van der Waals surface area contributed by atoms with Crippen molar-refractivity contribution in [2.24, 2.45) is 7.05 Å². The van der Waals surface area contributed by atoms with Gasteiger partial charge in [0.25, 0.3) is 5.52 Å². The van der Waals surface area contributed by atoms with Crippen molar-refractivity contribution in [1.82, 2.24) is 0 Å². The van der Waals surface area contributed by atoms with E-state index in [1.54, 1.807) is 21.3 Å². The van der Waals surface area contributed by atoms with E-state index in [2.05, 4.69) is 6.58 Å². The zero-order chi connectivity index (χ0) is 16.7. The maximum atomic E-state index is 6.10. The molecule has 2 heterocycles. The summed E-state index contributed by atoms with van der Waals surface area (Å²) in [6.07, 6.45) is 0.715. The molecule has 0 spiro atoms. The van der Waals surface area contributed by atoms with Gasteiger partial charge in [0, 0.05) is 12.5 Å². The Bertz CT molecular complexity index is 798. The lowest BCUT2D eigenvalue weighted by atomic mass is 10.0. The topological polar surface area (TPSA) is 40.8 Å². The van der Waals surface area contributed by atoms with Crippen molar-refractivity contribution in [3.05, 3.63) is 29.8 Å². The fraction of sp³-hybridized carbons (Fsp3) is 0.389. The second kappa shape index (κ2) is 5.65. The highest BCUT2D eigenvalue weighted by atomic mass is 16.5. The summed E-state index contributed by atoms with van der Waals surface area (Å²) in [6.45, 7) is 5.99. The molecule has 2 aromatic rings. The highest BCUT2D eigenvalue weighted by Gasteiger charge is 2.37. The average Bonchev–Trinajstić information content (AvgIpc) is 2.99. The van der Waals surface area contributed by atoms with Crippen molar-refractivity contribution in [3.8, 4) is 23.1 Å². The van der Waals surface area contributed by atoms with Crippen LogP contribution in [0.5, 0.6) is 23.1 Å². The van der Waals surface area contributed by atoms with E-state index >= 15 is 0 Å². The Balaban J connectivity index is 2.37. The predicted molar refractivity (Wildman–Crippen MR) is 87.7 cm³/mol. The molecule has 1 aromatic carbocycles. The Morgan fingerprint density at radius 3 is 2.52 bits per heavy atom. The zero-order valence-electron chi connectivity index (χ0n) is 14.2. The number of methoxy groups -OCH3 is 3. The van der Waals surface area contributed by atoms with Crippen LogP contribution in [0.4, 0.5) is 0 Å². The van der Waals surface area contributed by atoms with Crippen molar-refractivity contribution >= 4 is 10.9 Å². The largest absolute Gasteiger partial charge is 0.497 e. The van der Waals surface area contributed by atoms with Gasteiger partial charge in [-0.2, -0.15) is 4.57 Å². The highest BCUT2D eigenvalue weighted by molar-refractivity contribution is 5.90. The first-order valence-electron chi connectivity index (χ1n) is 7.48. The maximum absolute atomic E-state index is 6.10. The van der Waals surface area contributed by atoms with Crippen LogP contribution in [0.15, 0.2) is 24.3 Å². The molecule has 122 valence electrons. The Labute approximate surface area is 136 Å². The molecular weight excluding hydrogens is 294 g/mol. The molecule has 1 aromatic heterocycles. The van der Waals surface area contributed by atoms with Gasteiger partial charge in [0.1, 0.15) is 30.2 Å². The van der Waals surface area contributed by atoms with Crippen LogP contribution in [0.2, 0.25) is 0 Å². The highest BCUT2D eigenvalue weighted by Crippen LogP contribution is 2.43. The van der Waals surface area contributed by atoms with Crippen LogP contribution in [0.3, 0.4) is 0 Å². The molecule has 0 saturated carbocycles. The number of rotatable bonds is 4. The van der Waals surface area contributed by atoms with E-state index in [4.69, 9.17) is 18.9 Å². The van der Waals surface area contributed by atoms with E-state index in [1.807, 2.05) is 30.7 Å². The summed E-state index contributed by atoms with van der Waals surface area (Å²) < 4.78 is 24.8. The summed E-state index contributed by atoms with van der Waals surface area (Å²) in [7, 11) is 6.93. The summed E-state index contributed by atoms with van der Waals surface area (Å²) in [6, 6.07) is 3.82. The third kappa shape index (κ3) is 2.27. The fourth-order valence-electron chi connectivity index (χ4n) is 3.14. The third-order valence-corrected chi connectivity index (χ3v) is 4.32. The number of ether oxygens (including phenoxy) is 4. The minimum Gasteiger partial charge on any atom is -0.497 e. The van der Waals surface area contributed by atoms with Crippen LogP contribution in [-0.4, -0.2) is 27.4 Å². The summed E-state index contributed by atoms with van der Waals surface area (Å²) in [5.41, 5.74) is 2.95. The number of pyridine rings is 1. The van der Waals surface area contributed by atoms with Gasteiger partial charge >= 0.3 is 5.88 Å². The third-order valence-electron chi connectivity index (χ3n) is 4.32. The lowest BCUT2D eigenvalue weighted by Crippen LogP contribution is -2.32. The number of hydrogen-bond acceptors (Lipinski definition) is 4. The number of nitrogens with zero attached hydrogens (tertiary/aromatic N) is 1. The first kappa shape index (κ1) is 15.5. The van der Waals surface area contributed by atoms with Gasteiger partial charge in [-0.05, 0) is 18.6 Å². The number of hydrogen-bond donors (Lipinski definition) is 0. The molecule has 0 amide bonds. The first-order valence-corrected chi connectivity index (χ1v) is 7.48. The normalized spacial score (nSPS) is 16.0. The molecule has 3 rings (SSSR count). The molecule has 5 heteroatoms. The monoisotopic (exact) mass is 316 g/mol. The van der Waals surface area contributed by atoms with Crippen molar-refractivity contribution in [1.29, 1.82) is 0 Å². The standard InChI is InChI=1S/C18H22NO4/c1-10(2)14-9-13-17(22-6)12-7-11(20-4)8-15(21-5)16(12)19(3)18(13)23-14/h7-8,14H,1,9H2,2-6H3/q+1. The molecule has 1 atom stereocenters. The second-order valence-electron chi connectivity index (χ2n) is 5.76. The van der Waals surface area contributed by atoms with E-state index in [1.165, 1.54) is 0 Å². The van der Waals surface area contributed by atoms with Crippen molar-refractivity contribution < 1.29 is 23.5 Å². The van der Waals surface area contributed by atoms with Crippen LogP contribution in [0.1, 0.15) is 12.5 Å². The van der Waals surface area contributed by atoms with Crippen LogP contribution in [-0.2, 0) is 13.5 Å². The summed E-state index contributed by atoms with van der Waals surface area (Å²) in [5.74, 6) is 3.04. The van der Waals surface area contributed by atoms with Gasteiger partial charge in [-0.25, -0.2) is 0 Å². The summed E-state index contributed by atoms with van der Waals surface area (Å²) in [5, 5.41) is 0.941. The molecule has 0 fully saturated rings. The lowest BCUT2D eigenvalue weighted by molar-refractivity contribution is -0.651. The minimum absolute atomic E-state index is 0.0326. The minimum atomic E-state index is -0.0326. The van der Waals surface area contributed by atoms with E-state index in [0.717, 1.165) is 45.8 Å². The molecule has 0 aliphatic carbocycles. The number of fused-ring (bicyclic) bond motifs is 2. The van der Waals surface area contributed by atoms with Gasteiger partial charge in [0.2, 0.25) is 0 Å². The molecule has 0 N–H and O–H groups in total. The number of benzene rings is 1. The van der Waals surface area contributed by atoms with Crippen molar-refractivity contribution in [3.63, 3.8) is 0 Å². The Kier molecular flexibility index (Phi) is 3.80. The van der Waals surface area contributed by atoms with Gasteiger partial charge in [-0.1, -0.05) is 6.58 Å². The van der Waals surface area contributed by atoms with Gasteiger partial charge in [0.05, 0.1) is 26.7 Å². The van der Waals surface area contributed by atoms with Gasteiger partial charge in [-0.3, -0.25) is 0 Å². The first-order chi connectivity index (χ1) is 11.0. The summed E-state index contributed by atoms with van der Waals surface area (Å²) >= 11 is 0. The quantitative estimate of drug-likeness (QED) is 0.642. The van der Waals surface area contributed by atoms with Gasteiger partial charge in [-0.15, -0.1) is 0 Å². The second-order valence-corrected chi connectivity index (χ2v) is 5.76. The smallest absolute Gasteiger partial charge is 0.376 e. The zero-order valence-corrected chi connectivity index (χ0v) is 14.2. The van der Waals surface area contributed by atoms with Crippen molar-refractivity contribution in [2.75, 3.05) is 21.3 Å². The molecule has 0 radical (unpaired) electrons. The Hall–Kier alpha value is -2.43. The van der Waals surface area contributed by atoms with Crippen molar-refractivity contribution in [2.45, 2.75) is 19.4 Å². The molecule has 0 bridgehead atoms. The number of aryl methyl sites for hydroxylation is 1.